The normalized spacial score (nSPS) is 12.3. The lowest BCUT2D eigenvalue weighted by atomic mass is 10.2. The molecule has 0 radical (unpaired) electrons. The van der Waals surface area contributed by atoms with Crippen molar-refractivity contribution >= 4 is 17.7 Å². The van der Waals surface area contributed by atoms with E-state index in [1.807, 2.05) is 34.9 Å². The van der Waals surface area contributed by atoms with Crippen LogP contribution in [0.15, 0.2) is 35.5 Å². The number of rotatable bonds is 8. The molecular weight excluding hydrogens is 302 g/mol. The van der Waals surface area contributed by atoms with E-state index in [9.17, 15) is 9.90 Å². The third kappa shape index (κ3) is 3.86. The average Bonchev–Trinajstić information content (AvgIpc) is 2.93. The molecule has 0 aliphatic heterocycles. The lowest BCUT2D eigenvalue weighted by Crippen LogP contribution is -2.33. The van der Waals surface area contributed by atoms with E-state index in [-0.39, 0.29) is 0 Å². The Morgan fingerprint density at radius 2 is 2.09 bits per heavy atom. The number of benzene rings is 1. The maximum Gasteiger partial charge on any atom is 0.192 e. The number of aromatic nitrogens is 3. The summed E-state index contributed by atoms with van der Waals surface area (Å²) in [6, 6.07) is 9.66. The van der Waals surface area contributed by atoms with Crippen molar-refractivity contribution in [1.29, 1.82) is 0 Å². The van der Waals surface area contributed by atoms with Gasteiger partial charge in [0.1, 0.15) is 0 Å². The van der Waals surface area contributed by atoms with Crippen molar-refractivity contribution in [3.63, 3.8) is 0 Å². The van der Waals surface area contributed by atoms with E-state index in [1.54, 1.807) is 14.0 Å². The molecule has 0 N–H and O–H groups in total. The number of carbonyl (C=O) groups excluding carboxylic acids is 1. The summed E-state index contributed by atoms with van der Waals surface area (Å²) >= 11 is 1.16. The van der Waals surface area contributed by atoms with Gasteiger partial charge < -0.3 is 14.6 Å². The fraction of sp³-hybridized carbons (Fsp3) is 0.400. The molecule has 2 rings (SSSR count). The molecule has 0 aliphatic rings. The molecule has 1 aromatic carbocycles. The summed E-state index contributed by atoms with van der Waals surface area (Å²) in [6.07, 6.45) is 0.463. The zero-order valence-electron chi connectivity index (χ0n) is 12.6. The van der Waals surface area contributed by atoms with E-state index < -0.39 is 11.2 Å². The van der Waals surface area contributed by atoms with Crippen LogP contribution in [0.4, 0.5) is 0 Å². The first-order chi connectivity index (χ1) is 10.7. The third-order valence-electron chi connectivity index (χ3n) is 3.15. The van der Waals surface area contributed by atoms with Crippen LogP contribution in [0, 0.1) is 0 Å². The monoisotopic (exact) mass is 320 g/mol. The predicted molar refractivity (Wildman–Crippen MR) is 82.3 cm³/mol. The van der Waals surface area contributed by atoms with Gasteiger partial charge >= 0.3 is 0 Å². The van der Waals surface area contributed by atoms with Crippen LogP contribution in [0.2, 0.25) is 0 Å². The second-order valence-corrected chi connectivity index (χ2v) is 5.82. The summed E-state index contributed by atoms with van der Waals surface area (Å²) < 4.78 is 7.01. The van der Waals surface area contributed by atoms with Gasteiger partial charge in [0.25, 0.3) is 0 Å². The van der Waals surface area contributed by atoms with E-state index in [1.165, 1.54) is 0 Å². The van der Waals surface area contributed by atoms with Crippen LogP contribution >= 0.6 is 11.8 Å². The van der Waals surface area contributed by atoms with Gasteiger partial charge in [0.2, 0.25) is 0 Å². The smallest absolute Gasteiger partial charge is 0.192 e. The zero-order chi connectivity index (χ0) is 15.9. The zero-order valence-corrected chi connectivity index (χ0v) is 13.4. The first kappa shape index (κ1) is 16.5. The molecule has 2 aromatic rings. The standard InChI is InChI=1S/C15H19N3O3S/c1-3-12(14(19)20)22-15-17-16-13(18(15)9-10-21-2)11-7-5-4-6-8-11/h4-8,12H,3,9-10H2,1-2H3,(H,19,20)/p-1/t12-/m0/s1. The minimum absolute atomic E-state index is 0.463. The average molecular weight is 320 g/mol. The number of carboxylic acid groups (broad SMARTS) is 1. The summed E-state index contributed by atoms with van der Waals surface area (Å²) in [7, 11) is 1.62. The van der Waals surface area contributed by atoms with Crippen LogP contribution in [0.25, 0.3) is 11.4 Å². The van der Waals surface area contributed by atoms with Crippen LogP contribution in [0.3, 0.4) is 0 Å². The number of nitrogens with zero attached hydrogens (tertiary/aromatic N) is 3. The molecule has 0 amide bonds. The van der Waals surface area contributed by atoms with Crippen LogP contribution in [0.5, 0.6) is 0 Å². The van der Waals surface area contributed by atoms with Crippen molar-refractivity contribution in [3.05, 3.63) is 30.3 Å². The largest absolute Gasteiger partial charge is 0.549 e. The molecular formula is C15H18N3O3S-. The molecule has 7 heteroatoms. The second kappa shape index (κ2) is 7.95. The van der Waals surface area contributed by atoms with E-state index >= 15 is 0 Å². The Morgan fingerprint density at radius 3 is 2.68 bits per heavy atom. The first-order valence-electron chi connectivity index (χ1n) is 7.02. The molecule has 0 fully saturated rings. The number of ether oxygens (including phenoxy) is 1. The summed E-state index contributed by atoms with van der Waals surface area (Å²) in [5, 5.41) is 19.4. The quantitative estimate of drug-likeness (QED) is 0.680. The Bertz CT molecular complexity index is 616. The van der Waals surface area contributed by atoms with Gasteiger partial charge in [-0.3, -0.25) is 4.57 Å². The van der Waals surface area contributed by atoms with Crippen molar-refractivity contribution in [2.45, 2.75) is 30.3 Å². The molecule has 0 saturated heterocycles. The van der Waals surface area contributed by atoms with E-state index in [0.717, 1.165) is 17.3 Å². The van der Waals surface area contributed by atoms with Gasteiger partial charge in [-0.05, 0) is 6.42 Å². The SMILES string of the molecule is CC[C@H](Sc1nnc(-c2ccccc2)n1CCOC)C(=O)[O-]. The molecule has 0 bridgehead atoms. The highest BCUT2D eigenvalue weighted by Gasteiger charge is 2.18. The van der Waals surface area contributed by atoms with E-state index in [2.05, 4.69) is 10.2 Å². The molecule has 0 aliphatic carbocycles. The van der Waals surface area contributed by atoms with Gasteiger partial charge in [-0.25, -0.2) is 0 Å². The Kier molecular flexibility index (Phi) is 5.97. The number of thioether (sulfide) groups is 1. The molecule has 0 spiro atoms. The molecule has 1 atom stereocenters. The van der Waals surface area contributed by atoms with Gasteiger partial charge in [0.05, 0.1) is 24.4 Å². The molecule has 1 aromatic heterocycles. The molecule has 6 nitrogen and oxygen atoms in total. The molecule has 0 unspecified atom stereocenters. The van der Waals surface area contributed by atoms with Crippen LogP contribution in [-0.2, 0) is 16.1 Å². The van der Waals surface area contributed by atoms with Crippen molar-refractivity contribution < 1.29 is 14.6 Å². The highest BCUT2D eigenvalue weighted by molar-refractivity contribution is 8.00. The number of aliphatic carboxylic acids is 1. The number of carbonyl (C=O) groups is 1. The summed E-state index contributed by atoms with van der Waals surface area (Å²) in [5.41, 5.74) is 0.930. The number of methoxy groups -OCH3 is 1. The highest BCUT2D eigenvalue weighted by Crippen LogP contribution is 2.27. The second-order valence-electron chi connectivity index (χ2n) is 4.65. The van der Waals surface area contributed by atoms with E-state index in [4.69, 9.17) is 4.74 Å². The maximum atomic E-state index is 11.1. The minimum Gasteiger partial charge on any atom is -0.549 e. The lowest BCUT2D eigenvalue weighted by molar-refractivity contribution is -0.304. The van der Waals surface area contributed by atoms with Gasteiger partial charge in [-0.15, -0.1) is 10.2 Å². The topological polar surface area (TPSA) is 80.1 Å². The Labute approximate surface area is 133 Å². The maximum absolute atomic E-state index is 11.1. The van der Waals surface area contributed by atoms with Crippen LogP contribution in [-0.4, -0.2) is 39.7 Å². The molecule has 0 saturated carbocycles. The lowest BCUT2D eigenvalue weighted by Gasteiger charge is -2.16. The van der Waals surface area contributed by atoms with Crippen molar-refractivity contribution in [2.75, 3.05) is 13.7 Å². The highest BCUT2D eigenvalue weighted by atomic mass is 32.2. The summed E-state index contributed by atoms with van der Waals surface area (Å²) in [6.45, 7) is 2.86. The fourth-order valence-corrected chi connectivity index (χ4v) is 2.90. The molecule has 118 valence electrons. The van der Waals surface area contributed by atoms with E-state index in [0.29, 0.717) is 30.6 Å². The van der Waals surface area contributed by atoms with Crippen molar-refractivity contribution in [3.8, 4) is 11.4 Å². The fourth-order valence-electron chi connectivity index (χ4n) is 1.99. The number of hydrogen-bond donors (Lipinski definition) is 0. The third-order valence-corrected chi connectivity index (χ3v) is 4.47. The summed E-state index contributed by atoms with van der Waals surface area (Å²) in [4.78, 5) is 11.1. The van der Waals surface area contributed by atoms with Crippen molar-refractivity contribution in [2.24, 2.45) is 0 Å². The van der Waals surface area contributed by atoms with Gasteiger partial charge in [0, 0.05) is 12.7 Å². The summed E-state index contributed by atoms with van der Waals surface area (Å²) in [5.74, 6) is -0.386. The number of carboxylic acids is 1. The van der Waals surface area contributed by atoms with Gasteiger partial charge in [0.15, 0.2) is 11.0 Å². The molecule has 22 heavy (non-hydrogen) atoms. The van der Waals surface area contributed by atoms with Gasteiger partial charge in [-0.2, -0.15) is 0 Å². The Balaban J connectivity index is 2.34. The Morgan fingerprint density at radius 1 is 1.36 bits per heavy atom. The van der Waals surface area contributed by atoms with Crippen LogP contribution < -0.4 is 5.11 Å². The molecule has 1 heterocycles. The predicted octanol–water partition coefficient (Wildman–Crippen LogP) is 1.21. The number of hydrogen-bond acceptors (Lipinski definition) is 6. The van der Waals surface area contributed by atoms with Crippen molar-refractivity contribution in [1.82, 2.24) is 14.8 Å². The van der Waals surface area contributed by atoms with Crippen LogP contribution in [0.1, 0.15) is 13.3 Å². The first-order valence-corrected chi connectivity index (χ1v) is 7.90. The van der Waals surface area contributed by atoms with Gasteiger partial charge in [-0.1, -0.05) is 49.0 Å². The minimum atomic E-state index is -1.09. The Hall–Kier alpha value is -1.86.